The van der Waals surface area contributed by atoms with Crippen LogP contribution in [0.4, 0.5) is 10.1 Å². The Labute approximate surface area is 185 Å². The summed E-state index contributed by atoms with van der Waals surface area (Å²) in [5.74, 6) is -0.671. The molecule has 0 atom stereocenters. The fourth-order valence-corrected chi connectivity index (χ4v) is 3.51. The number of thiocarbonyl (C=S) groups is 1. The zero-order chi connectivity index (χ0) is 21.3. The summed E-state index contributed by atoms with van der Waals surface area (Å²) in [6.45, 7) is 0. The van der Waals surface area contributed by atoms with Crippen molar-refractivity contribution in [2.24, 2.45) is 0 Å². The Morgan fingerprint density at radius 2 is 1.87 bits per heavy atom. The van der Waals surface area contributed by atoms with Crippen LogP contribution >= 0.6 is 35.4 Å². The molecule has 0 saturated carbocycles. The van der Waals surface area contributed by atoms with Crippen molar-refractivity contribution >= 4 is 63.2 Å². The highest BCUT2D eigenvalue weighted by Gasteiger charge is 2.13. The molecule has 5 nitrogen and oxygen atoms in total. The van der Waals surface area contributed by atoms with E-state index < -0.39 is 11.7 Å². The quantitative estimate of drug-likeness (QED) is 0.364. The minimum Gasteiger partial charge on any atom is -0.435 e. The summed E-state index contributed by atoms with van der Waals surface area (Å²) in [6.07, 6.45) is 0. The molecule has 3 aromatic carbocycles. The van der Waals surface area contributed by atoms with Crippen molar-refractivity contribution in [1.29, 1.82) is 0 Å². The number of anilines is 1. The Kier molecular flexibility index (Phi) is 5.67. The summed E-state index contributed by atoms with van der Waals surface area (Å²) in [4.78, 5) is 16.6. The van der Waals surface area contributed by atoms with Crippen LogP contribution in [0.3, 0.4) is 0 Å². The Morgan fingerprint density at radius 3 is 2.67 bits per heavy atom. The van der Waals surface area contributed by atoms with Crippen LogP contribution in [0.2, 0.25) is 10.0 Å². The van der Waals surface area contributed by atoms with Crippen LogP contribution < -0.4 is 10.6 Å². The largest absolute Gasteiger partial charge is 0.435 e. The second kappa shape index (κ2) is 8.39. The van der Waals surface area contributed by atoms with Gasteiger partial charge in [0.05, 0.1) is 5.02 Å². The first kappa shape index (κ1) is 20.3. The maximum absolute atomic E-state index is 13.3. The molecule has 0 aliphatic carbocycles. The van der Waals surface area contributed by atoms with Gasteiger partial charge in [0.15, 0.2) is 10.7 Å². The predicted molar refractivity (Wildman–Crippen MR) is 120 cm³/mol. The summed E-state index contributed by atoms with van der Waals surface area (Å²) < 4.78 is 19.0. The Balaban J connectivity index is 1.51. The summed E-state index contributed by atoms with van der Waals surface area (Å²) in [5, 5.41) is 6.31. The first-order chi connectivity index (χ1) is 14.4. The number of carbonyl (C=O) groups is 1. The topological polar surface area (TPSA) is 67.2 Å². The number of amides is 1. The number of oxazole rings is 1. The number of nitrogens with zero attached hydrogens (tertiary/aromatic N) is 1. The number of fused-ring (bicyclic) bond motifs is 1. The second-order valence-electron chi connectivity index (χ2n) is 6.25. The lowest BCUT2D eigenvalue weighted by Gasteiger charge is -2.10. The van der Waals surface area contributed by atoms with Gasteiger partial charge in [0.2, 0.25) is 5.89 Å². The molecular formula is C21H12Cl2FN3O2S. The van der Waals surface area contributed by atoms with Crippen LogP contribution in [0, 0.1) is 5.82 Å². The third-order valence-electron chi connectivity index (χ3n) is 4.09. The van der Waals surface area contributed by atoms with Crippen molar-refractivity contribution in [3.8, 4) is 11.5 Å². The first-order valence-corrected chi connectivity index (χ1v) is 9.79. The van der Waals surface area contributed by atoms with Crippen LogP contribution in [0.1, 0.15) is 10.4 Å². The third-order valence-corrected chi connectivity index (χ3v) is 4.79. The highest BCUT2D eigenvalue weighted by molar-refractivity contribution is 7.80. The molecule has 0 saturated heterocycles. The molecule has 0 aliphatic heterocycles. The molecule has 30 heavy (non-hydrogen) atoms. The Bertz CT molecular complexity index is 1290. The van der Waals surface area contributed by atoms with Gasteiger partial charge in [-0.1, -0.05) is 35.3 Å². The molecule has 1 amide bonds. The van der Waals surface area contributed by atoms with E-state index in [1.54, 1.807) is 36.4 Å². The van der Waals surface area contributed by atoms with Crippen LogP contribution in [0.5, 0.6) is 0 Å². The summed E-state index contributed by atoms with van der Waals surface area (Å²) >= 11 is 17.4. The van der Waals surface area contributed by atoms with Crippen molar-refractivity contribution in [2.45, 2.75) is 0 Å². The van der Waals surface area contributed by atoms with Gasteiger partial charge in [-0.3, -0.25) is 10.1 Å². The number of hydrogen-bond donors (Lipinski definition) is 2. The Hall–Kier alpha value is -3.00. The van der Waals surface area contributed by atoms with E-state index in [9.17, 15) is 9.18 Å². The fraction of sp³-hybridized carbons (Fsp3) is 0. The molecule has 1 heterocycles. The molecule has 0 bridgehead atoms. The molecule has 0 spiro atoms. The molecule has 4 rings (SSSR count). The number of rotatable bonds is 3. The van der Waals surface area contributed by atoms with Crippen LogP contribution in [-0.2, 0) is 0 Å². The van der Waals surface area contributed by atoms with Gasteiger partial charge in [-0.15, -0.1) is 0 Å². The number of hydrogen-bond acceptors (Lipinski definition) is 4. The van der Waals surface area contributed by atoms with Crippen LogP contribution in [-0.4, -0.2) is 16.0 Å². The van der Waals surface area contributed by atoms with E-state index in [-0.39, 0.29) is 10.7 Å². The van der Waals surface area contributed by atoms with E-state index in [2.05, 4.69) is 15.6 Å². The number of halogens is 3. The average Bonchev–Trinajstić information content (AvgIpc) is 3.12. The van der Waals surface area contributed by atoms with Crippen molar-refractivity contribution < 1.29 is 13.6 Å². The molecule has 2 N–H and O–H groups in total. The second-order valence-corrected chi connectivity index (χ2v) is 7.51. The lowest BCUT2D eigenvalue weighted by atomic mass is 10.2. The maximum Gasteiger partial charge on any atom is 0.257 e. The minimum absolute atomic E-state index is 0.0637. The lowest BCUT2D eigenvalue weighted by Crippen LogP contribution is -2.34. The normalized spacial score (nSPS) is 10.8. The molecule has 9 heteroatoms. The van der Waals surface area contributed by atoms with E-state index in [0.29, 0.717) is 38.3 Å². The van der Waals surface area contributed by atoms with Crippen molar-refractivity contribution in [1.82, 2.24) is 10.3 Å². The Morgan fingerprint density at radius 1 is 1.07 bits per heavy atom. The van der Waals surface area contributed by atoms with E-state index in [4.69, 9.17) is 39.8 Å². The van der Waals surface area contributed by atoms with Gasteiger partial charge < -0.3 is 9.73 Å². The van der Waals surface area contributed by atoms with Crippen LogP contribution in [0.15, 0.2) is 65.1 Å². The van der Waals surface area contributed by atoms with Gasteiger partial charge in [-0.2, -0.15) is 0 Å². The number of aromatic nitrogens is 1. The maximum atomic E-state index is 13.3. The summed E-state index contributed by atoms with van der Waals surface area (Å²) in [7, 11) is 0. The van der Waals surface area contributed by atoms with E-state index in [0.717, 1.165) is 6.07 Å². The van der Waals surface area contributed by atoms with E-state index >= 15 is 0 Å². The summed E-state index contributed by atoms with van der Waals surface area (Å²) in [5.41, 5.74) is 2.41. The standard InChI is InChI=1S/C21H12Cl2FN3O2S/c22-13-9-16(23)18-17(10-13)26-20(29-18)12-4-2-6-15(8-12)25-21(30)27-19(28)11-3-1-5-14(24)7-11/h1-10H,(H2,25,27,28,30). The highest BCUT2D eigenvalue weighted by atomic mass is 35.5. The zero-order valence-corrected chi connectivity index (χ0v) is 17.4. The fourth-order valence-electron chi connectivity index (χ4n) is 2.78. The van der Waals surface area contributed by atoms with Crippen molar-refractivity contribution in [3.63, 3.8) is 0 Å². The van der Waals surface area contributed by atoms with Gasteiger partial charge in [0, 0.05) is 21.8 Å². The van der Waals surface area contributed by atoms with Gasteiger partial charge in [0.1, 0.15) is 11.3 Å². The molecule has 150 valence electrons. The van der Waals surface area contributed by atoms with Gasteiger partial charge in [0.25, 0.3) is 5.91 Å². The highest BCUT2D eigenvalue weighted by Crippen LogP contribution is 2.32. The average molecular weight is 460 g/mol. The third kappa shape index (κ3) is 4.43. The number of carbonyl (C=O) groups excluding carboxylic acids is 1. The molecule has 4 aromatic rings. The lowest BCUT2D eigenvalue weighted by molar-refractivity contribution is 0.0977. The molecular weight excluding hydrogens is 448 g/mol. The zero-order valence-electron chi connectivity index (χ0n) is 15.1. The predicted octanol–water partition coefficient (Wildman–Crippen LogP) is 6.07. The monoisotopic (exact) mass is 459 g/mol. The number of benzene rings is 3. The minimum atomic E-state index is -0.520. The van der Waals surface area contributed by atoms with Gasteiger partial charge >= 0.3 is 0 Å². The van der Waals surface area contributed by atoms with Gasteiger partial charge in [-0.05, 0) is 60.7 Å². The smallest absolute Gasteiger partial charge is 0.257 e. The van der Waals surface area contributed by atoms with E-state index in [1.165, 1.54) is 18.2 Å². The number of nitrogens with one attached hydrogen (secondary N) is 2. The summed E-state index contributed by atoms with van der Waals surface area (Å²) in [6, 6.07) is 15.7. The van der Waals surface area contributed by atoms with E-state index in [1.807, 2.05) is 0 Å². The molecule has 0 fully saturated rings. The van der Waals surface area contributed by atoms with Crippen molar-refractivity contribution in [3.05, 3.63) is 82.1 Å². The van der Waals surface area contributed by atoms with Gasteiger partial charge in [-0.25, -0.2) is 9.37 Å². The molecule has 0 radical (unpaired) electrons. The molecule has 1 aromatic heterocycles. The van der Waals surface area contributed by atoms with Crippen LogP contribution in [0.25, 0.3) is 22.6 Å². The van der Waals surface area contributed by atoms with Crippen molar-refractivity contribution in [2.75, 3.05) is 5.32 Å². The SMILES string of the molecule is O=C(NC(=S)Nc1cccc(-c2nc3cc(Cl)cc(Cl)c3o2)c1)c1cccc(F)c1. The molecule has 0 aliphatic rings. The first-order valence-electron chi connectivity index (χ1n) is 8.63. The molecule has 0 unspecified atom stereocenters.